The topological polar surface area (TPSA) is 89.3 Å². The third-order valence-electron chi connectivity index (χ3n) is 2.24. The first-order valence-corrected chi connectivity index (χ1v) is 7.18. The molecule has 1 amide bonds. The molecule has 17 heavy (non-hydrogen) atoms. The molecule has 3 N–H and O–H groups in total. The molecule has 0 unspecified atom stereocenters. The summed E-state index contributed by atoms with van der Waals surface area (Å²) in [6.45, 7) is 1.84. The zero-order chi connectivity index (χ0) is 13.1. The van der Waals surface area contributed by atoms with Gasteiger partial charge in [0.15, 0.2) is 0 Å². The fourth-order valence-corrected chi connectivity index (χ4v) is 1.82. The van der Waals surface area contributed by atoms with Crippen LogP contribution in [0.4, 0.5) is 11.4 Å². The number of carbonyl (C=O) groups is 1. The van der Waals surface area contributed by atoms with Crippen molar-refractivity contribution < 1.29 is 13.2 Å². The van der Waals surface area contributed by atoms with E-state index in [0.717, 1.165) is 11.8 Å². The molecule has 1 aromatic rings. The number of amides is 1. The quantitative estimate of drug-likeness (QED) is 0.785. The molecule has 0 radical (unpaired) electrons. The highest BCUT2D eigenvalue weighted by Gasteiger charge is 2.09. The average Bonchev–Trinajstić information content (AvgIpc) is 2.20. The second-order valence-electron chi connectivity index (χ2n) is 4.00. The molecule has 0 saturated carbocycles. The maximum Gasteiger partial charge on any atom is 0.225 e. The van der Waals surface area contributed by atoms with Gasteiger partial charge in [0.1, 0.15) is 9.84 Å². The first kappa shape index (κ1) is 13.5. The Hall–Kier alpha value is -1.56. The number of rotatable bonds is 4. The monoisotopic (exact) mass is 256 g/mol. The summed E-state index contributed by atoms with van der Waals surface area (Å²) in [5.41, 5.74) is 7.64. The highest BCUT2D eigenvalue weighted by atomic mass is 32.2. The zero-order valence-electron chi connectivity index (χ0n) is 9.86. The Morgan fingerprint density at radius 1 is 1.41 bits per heavy atom. The minimum Gasteiger partial charge on any atom is -0.399 e. The Morgan fingerprint density at radius 2 is 2.06 bits per heavy atom. The molecule has 1 aromatic carbocycles. The van der Waals surface area contributed by atoms with Gasteiger partial charge < -0.3 is 11.1 Å². The van der Waals surface area contributed by atoms with Crippen molar-refractivity contribution >= 4 is 27.1 Å². The van der Waals surface area contributed by atoms with Crippen LogP contribution in [0.5, 0.6) is 0 Å². The van der Waals surface area contributed by atoms with Crippen molar-refractivity contribution in [2.24, 2.45) is 0 Å². The number of sulfone groups is 1. The van der Waals surface area contributed by atoms with E-state index < -0.39 is 9.84 Å². The third kappa shape index (κ3) is 4.86. The summed E-state index contributed by atoms with van der Waals surface area (Å²) < 4.78 is 21.8. The lowest BCUT2D eigenvalue weighted by molar-refractivity contribution is -0.115. The molecule has 0 aliphatic heterocycles. The van der Waals surface area contributed by atoms with E-state index in [2.05, 4.69) is 5.32 Å². The summed E-state index contributed by atoms with van der Waals surface area (Å²) in [5, 5.41) is 2.64. The second kappa shape index (κ2) is 5.18. The van der Waals surface area contributed by atoms with Crippen molar-refractivity contribution in [1.82, 2.24) is 0 Å². The molecule has 0 fully saturated rings. The lowest BCUT2D eigenvalue weighted by atomic mass is 10.2. The van der Waals surface area contributed by atoms with Crippen molar-refractivity contribution in [2.45, 2.75) is 13.3 Å². The van der Waals surface area contributed by atoms with E-state index in [1.165, 1.54) is 0 Å². The number of anilines is 2. The molecule has 0 saturated heterocycles. The van der Waals surface area contributed by atoms with E-state index >= 15 is 0 Å². The zero-order valence-corrected chi connectivity index (χ0v) is 10.7. The van der Waals surface area contributed by atoms with Gasteiger partial charge in [0.2, 0.25) is 5.91 Å². The largest absolute Gasteiger partial charge is 0.399 e. The smallest absolute Gasteiger partial charge is 0.225 e. The highest BCUT2D eigenvalue weighted by molar-refractivity contribution is 7.90. The van der Waals surface area contributed by atoms with Gasteiger partial charge in [0, 0.05) is 24.1 Å². The number of nitrogens with two attached hydrogens (primary N) is 1. The molecule has 1 rings (SSSR count). The number of aryl methyl sites for hydroxylation is 1. The first-order valence-electron chi connectivity index (χ1n) is 5.11. The van der Waals surface area contributed by atoms with Crippen LogP contribution in [0.2, 0.25) is 0 Å². The van der Waals surface area contributed by atoms with E-state index in [4.69, 9.17) is 5.73 Å². The standard InChI is InChI=1S/C11H16N2O3S/c1-8-3-4-9(12)7-10(8)13-11(14)5-6-17(2,15)16/h3-4,7H,5-6,12H2,1-2H3,(H,13,14). The van der Waals surface area contributed by atoms with Crippen LogP contribution in [-0.2, 0) is 14.6 Å². The van der Waals surface area contributed by atoms with Crippen molar-refractivity contribution in [3.8, 4) is 0 Å². The molecular weight excluding hydrogens is 240 g/mol. The maximum atomic E-state index is 11.5. The van der Waals surface area contributed by atoms with E-state index in [1.54, 1.807) is 18.2 Å². The van der Waals surface area contributed by atoms with Gasteiger partial charge in [-0.2, -0.15) is 0 Å². The lowest BCUT2D eigenvalue weighted by Gasteiger charge is -2.08. The molecule has 0 aliphatic carbocycles. The summed E-state index contributed by atoms with van der Waals surface area (Å²) in [7, 11) is -3.12. The summed E-state index contributed by atoms with van der Waals surface area (Å²) in [5.74, 6) is -0.482. The molecule has 94 valence electrons. The van der Waals surface area contributed by atoms with Gasteiger partial charge in [-0.25, -0.2) is 8.42 Å². The molecule has 5 nitrogen and oxygen atoms in total. The Bertz CT molecular complexity index is 524. The van der Waals surface area contributed by atoms with Crippen LogP contribution in [0.25, 0.3) is 0 Å². The van der Waals surface area contributed by atoms with Gasteiger partial charge in [-0.3, -0.25) is 4.79 Å². The van der Waals surface area contributed by atoms with Crippen molar-refractivity contribution in [3.05, 3.63) is 23.8 Å². The predicted molar refractivity (Wildman–Crippen MR) is 68.5 cm³/mol. The fourth-order valence-electron chi connectivity index (χ4n) is 1.27. The number of carbonyl (C=O) groups excluding carboxylic acids is 1. The molecule has 0 spiro atoms. The molecule has 0 bridgehead atoms. The van der Waals surface area contributed by atoms with Crippen LogP contribution in [0.15, 0.2) is 18.2 Å². The van der Waals surface area contributed by atoms with Gasteiger partial charge in [-0.1, -0.05) is 6.07 Å². The first-order chi connectivity index (χ1) is 7.78. The third-order valence-corrected chi connectivity index (χ3v) is 3.18. The average molecular weight is 256 g/mol. The van der Waals surface area contributed by atoms with Gasteiger partial charge in [0.25, 0.3) is 0 Å². The van der Waals surface area contributed by atoms with Crippen LogP contribution in [-0.4, -0.2) is 26.3 Å². The highest BCUT2D eigenvalue weighted by Crippen LogP contribution is 2.18. The van der Waals surface area contributed by atoms with Crippen molar-refractivity contribution in [3.63, 3.8) is 0 Å². The molecule has 0 aromatic heterocycles. The molecule has 0 aliphatic rings. The molecular formula is C11H16N2O3S. The van der Waals surface area contributed by atoms with E-state index in [-0.39, 0.29) is 18.1 Å². The number of benzene rings is 1. The Labute approximate surface area is 101 Å². The Morgan fingerprint density at radius 3 is 2.65 bits per heavy atom. The molecule has 0 atom stereocenters. The van der Waals surface area contributed by atoms with Crippen LogP contribution < -0.4 is 11.1 Å². The van der Waals surface area contributed by atoms with Crippen molar-refractivity contribution in [1.29, 1.82) is 0 Å². The lowest BCUT2D eigenvalue weighted by Crippen LogP contribution is -2.17. The maximum absolute atomic E-state index is 11.5. The SMILES string of the molecule is Cc1ccc(N)cc1NC(=O)CCS(C)(=O)=O. The minimum absolute atomic E-state index is 0.0485. The molecule has 6 heteroatoms. The Balaban J connectivity index is 2.65. The van der Waals surface area contributed by atoms with E-state index in [9.17, 15) is 13.2 Å². The van der Waals surface area contributed by atoms with E-state index in [0.29, 0.717) is 11.4 Å². The van der Waals surface area contributed by atoms with Crippen LogP contribution in [0.1, 0.15) is 12.0 Å². The number of nitrogen functional groups attached to an aromatic ring is 1. The Kier molecular flexibility index (Phi) is 4.11. The van der Waals surface area contributed by atoms with Gasteiger partial charge in [0.05, 0.1) is 5.75 Å². The van der Waals surface area contributed by atoms with Gasteiger partial charge in [-0.05, 0) is 24.6 Å². The molecule has 0 heterocycles. The van der Waals surface area contributed by atoms with Gasteiger partial charge >= 0.3 is 0 Å². The van der Waals surface area contributed by atoms with Crippen molar-refractivity contribution in [2.75, 3.05) is 23.1 Å². The predicted octanol–water partition coefficient (Wildman–Crippen LogP) is 0.950. The normalized spacial score (nSPS) is 11.2. The number of hydrogen-bond acceptors (Lipinski definition) is 4. The summed E-state index contributed by atoms with van der Waals surface area (Å²) >= 11 is 0. The van der Waals surface area contributed by atoms with Crippen LogP contribution in [0.3, 0.4) is 0 Å². The minimum atomic E-state index is -3.12. The number of hydrogen-bond donors (Lipinski definition) is 2. The fraction of sp³-hybridized carbons (Fsp3) is 0.364. The summed E-state index contributed by atoms with van der Waals surface area (Å²) in [6, 6.07) is 5.18. The van der Waals surface area contributed by atoms with Gasteiger partial charge in [-0.15, -0.1) is 0 Å². The number of nitrogens with one attached hydrogen (secondary N) is 1. The van der Waals surface area contributed by atoms with E-state index in [1.807, 2.05) is 6.92 Å². The second-order valence-corrected chi connectivity index (χ2v) is 6.26. The summed E-state index contributed by atoms with van der Waals surface area (Å²) in [6.07, 6.45) is 1.05. The van der Waals surface area contributed by atoms with Crippen LogP contribution in [0, 0.1) is 6.92 Å². The van der Waals surface area contributed by atoms with Crippen LogP contribution >= 0.6 is 0 Å². The summed E-state index contributed by atoms with van der Waals surface area (Å²) in [4.78, 5) is 11.5.